The van der Waals surface area contributed by atoms with Gasteiger partial charge in [-0.3, -0.25) is 15.1 Å². The second-order valence-electron chi connectivity index (χ2n) is 7.67. The van der Waals surface area contributed by atoms with Gasteiger partial charge in [0.15, 0.2) is 9.84 Å². The van der Waals surface area contributed by atoms with Gasteiger partial charge in [0.25, 0.3) is 0 Å². The average Bonchev–Trinajstić information content (AvgIpc) is 3.50. The molecular formula is C21H23N3O5S. The lowest BCUT2D eigenvalue weighted by molar-refractivity contribution is -0.118. The van der Waals surface area contributed by atoms with Crippen LogP contribution in [0.4, 0.5) is 4.79 Å². The lowest BCUT2D eigenvalue weighted by atomic mass is 10.2. The van der Waals surface area contributed by atoms with Crippen LogP contribution in [0, 0.1) is 5.92 Å². The highest BCUT2D eigenvalue weighted by Crippen LogP contribution is 2.30. The number of hydrogen-bond donors (Lipinski definition) is 1. The predicted molar refractivity (Wildman–Crippen MR) is 109 cm³/mol. The fourth-order valence-electron chi connectivity index (χ4n) is 3.13. The van der Waals surface area contributed by atoms with Crippen molar-refractivity contribution in [2.24, 2.45) is 5.92 Å². The van der Waals surface area contributed by atoms with Crippen LogP contribution in [0.15, 0.2) is 47.5 Å². The predicted octanol–water partition coefficient (Wildman–Crippen LogP) is 1.94. The number of nitrogens with zero attached hydrogens (tertiary/aromatic N) is 2. The molecule has 0 spiro atoms. The molecule has 1 N–H and O–H groups in total. The molecule has 30 heavy (non-hydrogen) atoms. The van der Waals surface area contributed by atoms with E-state index in [1.165, 1.54) is 17.7 Å². The van der Waals surface area contributed by atoms with Crippen molar-refractivity contribution in [3.63, 3.8) is 0 Å². The Morgan fingerprint density at radius 3 is 2.67 bits per heavy atom. The average molecular weight is 429 g/mol. The van der Waals surface area contributed by atoms with Gasteiger partial charge in [0.1, 0.15) is 12.3 Å². The second kappa shape index (κ2) is 8.43. The molecule has 1 saturated carbocycles. The summed E-state index contributed by atoms with van der Waals surface area (Å²) in [6, 6.07) is 9.75. The number of pyridine rings is 1. The molecule has 0 unspecified atom stereocenters. The van der Waals surface area contributed by atoms with E-state index < -0.39 is 15.9 Å². The SMILES string of the molecule is O=C1CN(Cc2ccc(CCS(=O)(=O)c3cccc(OCC4CC4)c3)cn2)C(=O)N1. The monoisotopic (exact) mass is 429 g/mol. The first kappa shape index (κ1) is 20.3. The van der Waals surface area contributed by atoms with Crippen molar-refractivity contribution < 1.29 is 22.7 Å². The number of benzene rings is 1. The number of sulfone groups is 1. The van der Waals surface area contributed by atoms with E-state index in [4.69, 9.17) is 4.74 Å². The number of aryl methyl sites for hydroxylation is 1. The zero-order valence-electron chi connectivity index (χ0n) is 16.4. The van der Waals surface area contributed by atoms with E-state index in [1.807, 2.05) is 0 Å². The van der Waals surface area contributed by atoms with E-state index in [9.17, 15) is 18.0 Å². The Labute approximate surface area is 175 Å². The molecule has 2 heterocycles. The molecule has 1 aromatic heterocycles. The number of carbonyl (C=O) groups excluding carboxylic acids is 2. The maximum atomic E-state index is 12.7. The normalized spacial score (nSPS) is 16.6. The minimum absolute atomic E-state index is 0.0178. The van der Waals surface area contributed by atoms with E-state index >= 15 is 0 Å². The smallest absolute Gasteiger partial charge is 0.324 e. The van der Waals surface area contributed by atoms with Crippen LogP contribution in [-0.2, 0) is 27.6 Å². The number of carbonyl (C=O) groups is 2. The van der Waals surface area contributed by atoms with Gasteiger partial charge < -0.3 is 9.64 Å². The summed E-state index contributed by atoms with van der Waals surface area (Å²) in [6.07, 6.45) is 4.28. The van der Waals surface area contributed by atoms with Crippen LogP contribution >= 0.6 is 0 Å². The first-order chi connectivity index (χ1) is 14.4. The summed E-state index contributed by atoms with van der Waals surface area (Å²) >= 11 is 0. The third kappa shape index (κ3) is 5.15. The minimum atomic E-state index is -3.45. The highest BCUT2D eigenvalue weighted by Gasteiger charge is 2.26. The molecule has 1 aliphatic carbocycles. The number of rotatable bonds is 9. The van der Waals surface area contributed by atoms with E-state index in [1.54, 1.807) is 42.6 Å². The van der Waals surface area contributed by atoms with Gasteiger partial charge in [-0.05, 0) is 55.0 Å². The molecule has 2 aromatic rings. The van der Waals surface area contributed by atoms with Gasteiger partial charge in [-0.15, -0.1) is 0 Å². The zero-order chi connectivity index (χ0) is 21.1. The molecule has 4 rings (SSSR count). The van der Waals surface area contributed by atoms with Crippen molar-refractivity contribution in [2.45, 2.75) is 30.7 Å². The van der Waals surface area contributed by atoms with E-state index in [0.29, 0.717) is 30.4 Å². The largest absolute Gasteiger partial charge is 0.493 e. The van der Waals surface area contributed by atoms with E-state index in [0.717, 1.165) is 5.56 Å². The molecule has 3 amide bonds. The molecule has 158 valence electrons. The molecule has 2 aliphatic rings. The first-order valence-electron chi connectivity index (χ1n) is 9.87. The maximum Gasteiger partial charge on any atom is 0.324 e. The fourth-order valence-corrected chi connectivity index (χ4v) is 4.45. The summed E-state index contributed by atoms with van der Waals surface area (Å²) < 4.78 is 31.1. The number of amides is 3. The number of ether oxygens (including phenoxy) is 1. The van der Waals surface area contributed by atoms with Gasteiger partial charge >= 0.3 is 6.03 Å². The van der Waals surface area contributed by atoms with Crippen molar-refractivity contribution in [1.82, 2.24) is 15.2 Å². The fraction of sp³-hybridized carbons (Fsp3) is 0.381. The van der Waals surface area contributed by atoms with Crippen molar-refractivity contribution in [3.8, 4) is 5.75 Å². The van der Waals surface area contributed by atoms with Gasteiger partial charge in [0, 0.05) is 6.20 Å². The first-order valence-corrected chi connectivity index (χ1v) is 11.5. The van der Waals surface area contributed by atoms with Crippen LogP contribution in [0.25, 0.3) is 0 Å². The van der Waals surface area contributed by atoms with Gasteiger partial charge in [0.2, 0.25) is 5.91 Å². The third-order valence-corrected chi connectivity index (χ3v) is 6.83. The number of imide groups is 1. The van der Waals surface area contributed by atoms with Crippen LogP contribution in [0.1, 0.15) is 24.1 Å². The van der Waals surface area contributed by atoms with Crippen LogP contribution in [0.2, 0.25) is 0 Å². The third-order valence-electron chi connectivity index (χ3n) is 5.11. The summed E-state index contributed by atoms with van der Waals surface area (Å²) in [6.45, 7) is 0.877. The van der Waals surface area contributed by atoms with Gasteiger partial charge in [-0.1, -0.05) is 12.1 Å². The van der Waals surface area contributed by atoms with Gasteiger partial charge in [-0.25, -0.2) is 13.2 Å². The molecule has 2 fully saturated rings. The topological polar surface area (TPSA) is 106 Å². The van der Waals surface area contributed by atoms with Crippen molar-refractivity contribution in [3.05, 3.63) is 53.9 Å². The number of aromatic nitrogens is 1. The molecule has 1 aromatic carbocycles. The van der Waals surface area contributed by atoms with E-state index in [2.05, 4.69) is 10.3 Å². The molecular weight excluding hydrogens is 406 g/mol. The lowest BCUT2D eigenvalue weighted by Gasteiger charge is -2.12. The highest BCUT2D eigenvalue weighted by molar-refractivity contribution is 7.91. The highest BCUT2D eigenvalue weighted by atomic mass is 32.2. The summed E-state index contributed by atoms with van der Waals surface area (Å²) in [4.78, 5) is 28.7. The lowest BCUT2D eigenvalue weighted by Crippen LogP contribution is -2.28. The van der Waals surface area contributed by atoms with Crippen LogP contribution in [0.5, 0.6) is 5.75 Å². The molecule has 9 heteroatoms. The molecule has 1 aliphatic heterocycles. The molecule has 0 radical (unpaired) electrons. The van der Waals surface area contributed by atoms with Crippen LogP contribution in [0.3, 0.4) is 0 Å². The summed E-state index contributed by atoms with van der Waals surface area (Å²) in [5.74, 6) is 0.812. The van der Waals surface area contributed by atoms with Crippen molar-refractivity contribution in [2.75, 3.05) is 18.9 Å². The second-order valence-corrected chi connectivity index (χ2v) is 9.77. The van der Waals surface area contributed by atoms with Crippen molar-refractivity contribution in [1.29, 1.82) is 0 Å². The van der Waals surface area contributed by atoms with Gasteiger partial charge in [0.05, 0.1) is 29.5 Å². The number of nitrogens with one attached hydrogen (secondary N) is 1. The maximum absolute atomic E-state index is 12.7. The van der Waals surface area contributed by atoms with Crippen LogP contribution < -0.4 is 10.1 Å². The Balaban J connectivity index is 1.33. The van der Waals surface area contributed by atoms with Crippen molar-refractivity contribution >= 4 is 21.8 Å². The summed E-state index contributed by atoms with van der Waals surface area (Å²) in [5.41, 5.74) is 1.41. The Bertz CT molecular complexity index is 1050. The van der Waals surface area contributed by atoms with Gasteiger partial charge in [-0.2, -0.15) is 0 Å². The van der Waals surface area contributed by atoms with Crippen LogP contribution in [-0.4, -0.2) is 49.1 Å². The number of hydrogen-bond acceptors (Lipinski definition) is 6. The Morgan fingerprint density at radius 1 is 1.17 bits per heavy atom. The Kier molecular flexibility index (Phi) is 5.72. The minimum Gasteiger partial charge on any atom is -0.493 e. The molecule has 0 bridgehead atoms. The van der Waals surface area contributed by atoms with E-state index in [-0.39, 0.29) is 29.6 Å². The Morgan fingerprint density at radius 2 is 2.00 bits per heavy atom. The molecule has 8 nitrogen and oxygen atoms in total. The molecule has 0 atom stereocenters. The summed E-state index contributed by atoms with van der Waals surface area (Å²) in [7, 11) is -3.45. The Hall–Kier alpha value is -2.94. The standard InChI is InChI=1S/C21H23N3O5S/c25-20-13-24(21(26)23-20)12-17-7-6-15(11-22-17)8-9-30(27,28)19-3-1-2-18(10-19)29-14-16-4-5-16/h1-3,6-7,10-11,16H,4-5,8-9,12-14H2,(H,23,25,26). The quantitative estimate of drug-likeness (QED) is 0.611. The zero-order valence-corrected chi connectivity index (χ0v) is 17.2. The number of urea groups is 1. The molecule has 1 saturated heterocycles. The summed E-state index contributed by atoms with van der Waals surface area (Å²) in [5, 5.41) is 2.22.